The summed E-state index contributed by atoms with van der Waals surface area (Å²) in [6, 6.07) is 0. The third kappa shape index (κ3) is 3.25. The normalized spacial score (nSPS) is 25.9. The molecule has 1 aliphatic heterocycles. The van der Waals surface area contributed by atoms with Crippen LogP contribution in [0.3, 0.4) is 0 Å². The van der Waals surface area contributed by atoms with Crippen molar-refractivity contribution in [3.63, 3.8) is 0 Å². The van der Waals surface area contributed by atoms with E-state index in [0.717, 1.165) is 25.3 Å². The highest BCUT2D eigenvalue weighted by molar-refractivity contribution is 5.88. The van der Waals surface area contributed by atoms with Crippen molar-refractivity contribution < 1.29 is 41.1 Å². The van der Waals surface area contributed by atoms with Crippen molar-refractivity contribution in [1.82, 2.24) is 0 Å². The minimum atomic E-state index is 0. The lowest BCUT2D eigenvalue weighted by molar-refractivity contribution is -0.635. The van der Waals surface area contributed by atoms with Crippen molar-refractivity contribution in [2.75, 3.05) is 19.6 Å². The van der Waals surface area contributed by atoms with Crippen LogP contribution in [0.4, 0.5) is 0 Å². The largest absolute Gasteiger partial charge is 1.00 e. The van der Waals surface area contributed by atoms with Gasteiger partial charge in [-0.15, -0.1) is 0 Å². The molecule has 1 heterocycles. The van der Waals surface area contributed by atoms with E-state index in [-0.39, 0.29) is 24.8 Å². The van der Waals surface area contributed by atoms with Gasteiger partial charge in [-0.3, -0.25) is 0 Å². The molecule has 11 heavy (non-hydrogen) atoms. The average Bonchev–Trinajstić information content (AvgIpc) is 2.33. The van der Waals surface area contributed by atoms with E-state index in [1.165, 1.54) is 0 Å². The molecule has 1 fully saturated rings. The van der Waals surface area contributed by atoms with Gasteiger partial charge in [-0.25, -0.2) is 0 Å². The maximum absolute atomic E-state index is 8.41. The zero-order valence-electron chi connectivity index (χ0n) is 6.13. The molecule has 0 aromatic rings. The number of nitrogens with two attached hydrogens (primary N) is 1. The van der Waals surface area contributed by atoms with Gasteiger partial charge in [0.15, 0.2) is 0 Å². The van der Waals surface area contributed by atoms with E-state index in [0.29, 0.717) is 5.92 Å². The van der Waals surface area contributed by atoms with Crippen LogP contribution in [0, 0.1) is 5.92 Å². The molecule has 6 N–H and O–H groups in total. The van der Waals surface area contributed by atoms with Crippen molar-refractivity contribution >= 4 is 5.71 Å². The Morgan fingerprint density at radius 1 is 1.64 bits per heavy atom. The molecule has 0 radical (unpaired) electrons. The van der Waals surface area contributed by atoms with Crippen LogP contribution in [-0.4, -0.2) is 30.6 Å². The van der Waals surface area contributed by atoms with Gasteiger partial charge >= 0.3 is 0 Å². The molecule has 0 aliphatic carbocycles. The molecule has 1 atom stereocenters. The van der Waals surface area contributed by atoms with Crippen molar-refractivity contribution in [3.05, 3.63) is 0 Å². The van der Waals surface area contributed by atoms with Crippen molar-refractivity contribution in [2.24, 2.45) is 11.1 Å². The van der Waals surface area contributed by atoms with Gasteiger partial charge < -0.3 is 41.1 Å². The van der Waals surface area contributed by atoms with Crippen LogP contribution in [0.15, 0.2) is 5.16 Å². The highest BCUT2D eigenvalue weighted by Crippen LogP contribution is 1.95. The van der Waals surface area contributed by atoms with Crippen LogP contribution in [-0.2, 0) is 0 Å². The number of nitrogens with zero attached hydrogens (tertiary/aromatic N) is 1. The smallest absolute Gasteiger partial charge is 0.125 e. The minimum absolute atomic E-state index is 0. The Kier molecular flexibility index (Phi) is 8.21. The summed E-state index contributed by atoms with van der Waals surface area (Å²) in [7, 11) is 0. The van der Waals surface area contributed by atoms with Gasteiger partial charge in [0.1, 0.15) is 18.2 Å². The summed E-state index contributed by atoms with van der Waals surface area (Å²) in [6.45, 7) is 2.72. The van der Waals surface area contributed by atoms with Gasteiger partial charge in [0.2, 0.25) is 0 Å². The van der Waals surface area contributed by atoms with Gasteiger partial charge in [-0.05, 0) is 0 Å². The summed E-state index contributed by atoms with van der Waals surface area (Å²) < 4.78 is 0. The van der Waals surface area contributed by atoms with Crippen LogP contribution in [0.25, 0.3) is 0 Å². The Hall–Kier alpha value is -0.0300. The molecule has 0 amide bonds. The van der Waals surface area contributed by atoms with Crippen molar-refractivity contribution in [3.8, 4) is 0 Å². The second-order valence-corrected chi connectivity index (χ2v) is 2.31. The summed E-state index contributed by atoms with van der Waals surface area (Å²) in [4.78, 5) is 0. The molecule has 1 rings (SSSR count). The zero-order chi connectivity index (χ0) is 6.69. The topological polar surface area (TPSA) is 76.8 Å². The Labute approximate surface area is 78.0 Å². The first kappa shape index (κ1) is 13.6. The average molecular weight is 202 g/mol. The van der Waals surface area contributed by atoms with Gasteiger partial charge in [0.25, 0.3) is 0 Å². The maximum atomic E-state index is 8.41. The molecule has 0 aromatic carbocycles. The van der Waals surface area contributed by atoms with Gasteiger partial charge in [0, 0.05) is 0 Å². The molecule has 1 saturated heterocycles. The van der Waals surface area contributed by atoms with Crippen molar-refractivity contribution in [1.29, 1.82) is 0 Å². The molecule has 68 valence electrons. The molecule has 6 heteroatoms. The molecule has 0 aromatic heterocycles. The molecule has 4 nitrogen and oxygen atoms in total. The van der Waals surface area contributed by atoms with E-state index in [1.54, 1.807) is 0 Å². The maximum Gasteiger partial charge on any atom is 0.125 e. The molecule has 0 spiro atoms. The van der Waals surface area contributed by atoms with Gasteiger partial charge in [-0.1, -0.05) is 5.16 Å². The van der Waals surface area contributed by atoms with E-state index in [9.17, 15) is 0 Å². The molecular formula is C5H13Cl2N3O. The predicted molar refractivity (Wildman–Crippen MR) is 32.1 cm³/mol. The standard InChI is InChI=1S/C5H11N3O.2ClH/c6-1-4-2-7-3-5(4)8-9;;/h4,7,9H,1-3,6H2;2*1H/b8-5+;;. The number of halogens is 2. The Morgan fingerprint density at radius 3 is 2.64 bits per heavy atom. The highest BCUT2D eigenvalue weighted by Gasteiger charge is 2.26. The Bertz CT molecular complexity index is 131. The Balaban J connectivity index is 0. The first-order chi connectivity index (χ1) is 4.38. The summed E-state index contributed by atoms with van der Waals surface area (Å²) in [5.74, 6) is 0.412. The number of rotatable bonds is 1. The van der Waals surface area contributed by atoms with Gasteiger partial charge in [-0.2, -0.15) is 0 Å². The molecule has 1 unspecified atom stereocenters. The predicted octanol–water partition coefficient (Wildman–Crippen LogP) is -8.74. The van der Waals surface area contributed by atoms with Crippen LogP contribution >= 0.6 is 0 Å². The third-order valence-corrected chi connectivity index (χ3v) is 1.75. The molecular weight excluding hydrogens is 189 g/mol. The third-order valence-electron chi connectivity index (χ3n) is 1.75. The monoisotopic (exact) mass is 201 g/mol. The summed E-state index contributed by atoms with van der Waals surface area (Å²) in [5.41, 5.74) is 4.65. The van der Waals surface area contributed by atoms with E-state index < -0.39 is 0 Å². The van der Waals surface area contributed by atoms with E-state index in [2.05, 4.69) is 16.2 Å². The quantitative estimate of drug-likeness (QED) is 0.286. The second kappa shape index (κ2) is 6.67. The van der Waals surface area contributed by atoms with E-state index in [1.807, 2.05) is 0 Å². The lowest BCUT2D eigenvalue weighted by Crippen LogP contribution is -3.00. The first-order valence-electron chi connectivity index (χ1n) is 3.20. The lowest BCUT2D eigenvalue weighted by Gasteiger charge is -1.95. The number of quaternary nitrogens is 2. The first-order valence-corrected chi connectivity index (χ1v) is 3.20. The highest BCUT2D eigenvalue weighted by atomic mass is 35.5. The van der Waals surface area contributed by atoms with Crippen LogP contribution < -0.4 is 35.9 Å². The lowest BCUT2D eigenvalue weighted by atomic mass is 10.1. The Morgan fingerprint density at radius 2 is 2.27 bits per heavy atom. The van der Waals surface area contributed by atoms with Crippen LogP contribution in [0.2, 0.25) is 0 Å². The summed E-state index contributed by atoms with van der Waals surface area (Å²) >= 11 is 0. The molecule has 1 aliphatic rings. The molecule has 0 saturated carbocycles. The van der Waals surface area contributed by atoms with Crippen LogP contribution in [0.5, 0.6) is 0 Å². The fourth-order valence-corrected chi connectivity index (χ4v) is 1.14. The van der Waals surface area contributed by atoms with Gasteiger partial charge in [0.05, 0.1) is 13.1 Å². The number of hydrogen-bond donors (Lipinski definition) is 3. The number of oxime groups is 1. The van der Waals surface area contributed by atoms with E-state index >= 15 is 0 Å². The van der Waals surface area contributed by atoms with Crippen molar-refractivity contribution in [2.45, 2.75) is 0 Å². The minimum Gasteiger partial charge on any atom is -1.00 e. The summed E-state index contributed by atoms with van der Waals surface area (Å²) in [5, 5.41) is 13.7. The second-order valence-electron chi connectivity index (χ2n) is 2.31. The SMILES string of the molecule is [Cl-].[Cl-].[NH3+]CC1C[NH2+]C/C1=N\O. The fourth-order valence-electron chi connectivity index (χ4n) is 1.14. The fraction of sp³-hybridized carbons (Fsp3) is 0.800. The zero-order valence-corrected chi connectivity index (χ0v) is 7.65. The summed E-state index contributed by atoms with van der Waals surface area (Å²) in [6.07, 6.45) is 0. The van der Waals surface area contributed by atoms with E-state index in [4.69, 9.17) is 5.21 Å². The molecule has 0 bridgehead atoms. The van der Waals surface area contributed by atoms with Crippen LogP contribution in [0.1, 0.15) is 0 Å². The number of hydrogen-bond acceptors (Lipinski definition) is 2.